The Morgan fingerprint density at radius 1 is 1.11 bits per heavy atom. The predicted octanol–water partition coefficient (Wildman–Crippen LogP) is 1.84. The minimum Gasteiger partial charge on any atom is -0.480 e. The molecule has 0 bridgehead atoms. The van der Waals surface area contributed by atoms with Crippen molar-refractivity contribution >= 4 is 17.7 Å². The first-order valence-corrected chi connectivity index (χ1v) is 10.6. The smallest absolute Gasteiger partial charge is 0.320 e. The van der Waals surface area contributed by atoms with Crippen LogP contribution in [-0.2, 0) is 9.59 Å². The maximum Gasteiger partial charge on any atom is 0.320 e. The van der Waals surface area contributed by atoms with Gasteiger partial charge in [-0.2, -0.15) is 0 Å². The molecule has 3 unspecified atom stereocenters. The second-order valence-electron chi connectivity index (χ2n) is 8.25. The van der Waals surface area contributed by atoms with Crippen molar-refractivity contribution < 1.29 is 14.7 Å². The molecule has 28 heavy (non-hydrogen) atoms. The molecule has 7 nitrogen and oxygen atoms in total. The number of piperazine rings is 1. The number of hydrogen-bond acceptors (Lipinski definition) is 5. The summed E-state index contributed by atoms with van der Waals surface area (Å²) in [6.45, 7) is 3.54. The first-order valence-electron chi connectivity index (χ1n) is 10.6. The van der Waals surface area contributed by atoms with Crippen LogP contribution in [0.5, 0.6) is 0 Å². The van der Waals surface area contributed by atoms with Crippen molar-refractivity contribution in [2.24, 2.45) is 5.92 Å². The molecular weight excluding hydrogens is 356 g/mol. The van der Waals surface area contributed by atoms with Crippen LogP contribution in [0, 0.1) is 5.92 Å². The SMILES string of the molecule is O=C(O)C1CC2CCCCC2N1CCC(=O)N1CCN(c2ccccn2)CC1. The van der Waals surface area contributed by atoms with E-state index >= 15 is 0 Å². The van der Waals surface area contributed by atoms with Crippen molar-refractivity contribution in [3.05, 3.63) is 24.4 Å². The zero-order valence-electron chi connectivity index (χ0n) is 16.4. The molecule has 1 saturated carbocycles. The standard InChI is InChI=1S/C21H30N4O3/c26-20(24-13-11-23(12-14-24)19-7-3-4-9-22-19)8-10-25-17-6-2-1-5-16(17)15-18(25)21(27)28/h3-4,7,9,16-18H,1-2,5-6,8,10-15H2,(H,27,28). The van der Waals surface area contributed by atoms with Gasteiger partial charge in [-0.3, -0.25) is 14.5 Å². The summed E-state index contributed by atoms with van der Waals surface area (Å²) >= 11 is 0. The van der Waals surface area contributed by atoms with Crippen molar-refractivity contribution in [3.63, 3.8) is 0 Å². The van der Waals surface area contributed by atoms with Crippen molar-refractivity contribution in [2.45, 2.75) is 50.6 Å². The molecule has 152 valence electrons. The number of carboxylic acid groups (broad SMARTS) is 1. The summed E-state index contributed by atoms with van der Waals surface area (Å²) in [6, 6.07) is 5.82. The quantitative estimate of drug-likeness (QED) is 0.832. The number of fused-ring (bicyclic) bond motifs is 1. The third kappa shape index (κ3) is 3.99. The van der Waals surface area contributed by atoms with E-state index in [4.69, 9.17) is 0 Å². The van der Waals surface area contributed by atoms with E-state index < -0.39 is 12.0 Å². The number of pyridine rings is 1. The number of carbonyl (C=O) groups is 2. The van der Waals surface area contributed by atoms with Crippen LogP contribution in [-0.4, -0.2) is 76.6 Å². The largest absolute Gasteiger partial charge is 0.480 e. The number of aromatic nitrogens is 1. The second kappa shape index (κ2) is 8.47. The molecule has 4 rings (SSSR count). The van der Waals surface area contributed by atoms with Crippen molar-refractivity contribution in [1.82, 2.24) is 14.8 Å². The Kier molecular flexibility index (Phi) is 5.80. The molecule has 3 heterocycles. The lowest BCUT2D eigenvalue weighted by atomic mass is 9.85. The van der Waals surface area contributed by atoms with Gasteiger partial charge in [0, 0.05) is 51.4 Å². The Bertz CT molecular complexity index is 690. The highest BCUT2D eigenvalue weighted by molar-refractivity contribution is 5.77. The maximum absolute atomic E-state index is 12.8. The van der Waals surface area contributed by atoms with Crippen molar-refractivity contribution in [1.29, 1.82) is 0 Å². The van der Waals surface area contributed by atoms with Gasteiger partial charge in [0.25, 0.3) is 0 Å². The Labute approximate surface area is 166 Å². The molecule has 1 amide bonds. The maximum atomic E-state index is 12.8. The number of aliphatic carboxylic acids is 1. The Morgan fingerprint density at radius 2 is 1.89 bits per heavy atom. The molecular formula is C21H30N4O3. The number of likely N-dealkylation sites (tertiary alicyclic amines) is 1. The van der Waals surface area contributed by atoms with Gasteiger partial charge in [-0.25, -0.2) is 4.98 Å². The van der Waals surface area contributed by atoms with E-state index in [1.165, 1.54) is 12.8 Å². The summed E-state index contributed by atoms with van der Waals surface area (Å²) in [4.78, 5) is 35.1. The average molecular weight is 386 g/mol. The predicted molar refractivity (Wildman–Crippen MR) is 106 cm³/mol. The lowest BCUT2D eigenvalue weighted by molar-refractivity contribution is -0.143. The van der Waals surface area contributed by atoms with E-state index in [1.54, 1.807) is 6.20 Å². The monoisotopic (exact) mass is 386 g/mol. The Hall–Kier alpha value is -2.15. The van der Waals surface area contributed by atoms with E-state index in [-0.39, 0.29) is 5.91 Å². The normalized spacial score (nSPS) is 28.2. The number of nitrogens with zero attached hydrogens (tertiary/aromatic N) is 4. The molecule has 2 saturated heterocycles. The molecule has 1 aromatic rings. The molecule has 1 N–H and O–H groups in total. The summed E-state index contributed by atoms with van der Waals surface area (Å²) in [5.74, 6) is 0.862. The minimum absolute atomic E-state index is 0.143. The second-order valence-corrected chi connectivity index (χ2v) is 8.25. The lowest BCUT2D eigenvalue weighted by Crippen LogP contribution is -2.50. The fourth-order valence-electron chi connectivity index (χ4n) is 5.23. The molecule has 7 heteroatoms. The van der Waals surface area contributed by atoms with Gasteiger partial charge in [-0.1, -0.05) is 18.9 Å². The molecule has 0 aromatic carbocycles. The summed E-state index contributed by atoms with van der Waals surface area (Å²) in [7, 11) is 0. The summed E-state index contributed by atoms with van der Waals surface area (Å²) < 4.78 is 0. The number of anilines is 1. The van der Waals surface area contributed by atoms with Crippen LogP contribution in [0.1, 0.15) is 38.5 Å². The van der Waals surface area contributed by atoms with Gasteiger partial charge in [0.2, 0.25) is 5.91 Å². The van der Waals surface area contributed by atoms with Gasteiger partial charge in [0.1, 0.15) is 11.9 Å². The number of carboxylic acids is 1. The van der Waals surface area contributed by atoms with E-state index in [1.807, 2.05) is 23.1 Å². The van der Waals surface area contributed by atoms with Crippen LogP contribution in [0.15, 0.2) is 24.4 Å². The third-order valence-electron chi connectivity index (χ3n) is 6.70. The molecule has 3 aliphatic rings. The van der Waals surface area contributed by atoms with E-state index in [9.17, 15) is 14.7 Å². The van der Waals surface area contributed by atoms with Gasteiger partial charge in [-0.05, 0) is 37.3 Å². The highest BCUT2D eigenvalue weighted by Crippen LogP contribution is 2.39. The van der Waals surface area contributed by atoms with Crippen LogP contribution >= 0.6 is 0 Å². The van der Waals surface area contributed by atoms with Gasteiger partial charge in [-0.15, -0.1) is 0 Å². The van der Waals surface area contributed by atoms with E-state index in [0.29, 0.717) is 38.0 Å². The van der Waals surface area contributed by atoms with Gasteiger partial charge >= 0.3 is 5.97 Å². The molecule has 1 aliphatic carbocycles. The first kappa shape index (κ1) is 19.2. The topological polar surface area (TPSA) is 77.0 Å². The fraction of sp³-hybridized carbons (Fsp3) is 0.667. The molecule has 2 aliphatic heterocycles. The molecule has 3 fully saturated rings. The van der Waals surface area contributed by atoms with Crippen LogP contribution < -0.4 is 4.90 Å². The van der Waals surface area contributed by atoms with E-state index in [2.05, 4.69) is 14.8 Å². The zero-order valence-corrected chi connectivity index (χ0v) is 16.4. The number of hydrogen-bond donors (Lipinski definition) is 1. The van der Waals surface area contributed by atoms with Crippen molar-refractivity contribution in [2.75, 3.05) is 37.6 Å². The number of amides is 1. The van der Waals surface area contributed by atoms with Crippen molar-refractivity contribution in [3.8, 4) is 0 Å². The first-order chi connectivity index (χ1) is 13.6. The minimum atomic E-state index is -0.731. The van der Waals surface area contributed by atoms with Crippen LogP contribution in [0.3, 0.4) is 0 Å². The Morgan fingerprint density at radius 3 is 2.61 bits per heavy atom. The van der Waals surface area contributed by atoms with Crippen LogP contribution in [0.25, 0.3) is 0 Å². The number of carbonyl (C=O) groups excluding carboxylic acids is 1. The van der Waals surface area contributed by atoms with E-state index in [0.717, 1.165) is 38.2 Å². The molecule has 0 spiro atoms. The van der Waals surface area contributed by atoms with Crippen LogP contribution in [0.4, 0.5) is 5.82 Å². The van der Waals surface area contributed by atoms with Gasteiger partial charge in [0.15, 0.2) is 0 Å². The molecule has 1 aromatic heterocycles. The van der Waals surface area contributed by atoms with Gasteiger partial charge < -0.3 is 14.9 Å². The lowest BCUT2D eigenvalue weighted by Gasteiger charge is -2.36. The Balaban J connectivity index is 1.30. The highest BCUT2D eigenvalue weighted by Gasteiger charge is 2.45. The zero-order chi connectivity index (χ0) is 19.5. The third-order valence-corrected chi connectivity index (χ3v) is 6.70. The molecule has 3 atom stereocenters. The van der Waals surface area contributed by atoms with Crippen LogP contribution in [0.2, 0.25) is 0 Å². The highest BCUT2D eigenvalue weighted by atomic mass is 16.4. The summed E-state index contributed by atoms with van der Waals surface area (Å²) in [6.07, 6.45) is 7.54. The summed E-state index contributed by atoms with van der Waals surface area (Å²) in [5.41, 5.74) is 0. The average Bonchev–Trinajstić information content (AvgIpc) is 3.12. The number of rotatable bonds is 5. The van der Waals surface area contributed by atoms with Gasteiger partial charge in [0.05, 0.1) is 0 Å². The fourth-order valence-corrected chi connectivity index (χ4v) is 5.23. The molecule has 0 radical (unpaired) electrons. The summed E-state index contributed by atoms with van der Waals surface area (Å²) in [5, 5.41) is 9.63.